The molecule has 0 aliphatic heterocycles. The van der Waals surface area contributed by atoms with E-state index in [0.717, 1.165) is 6.42 Å². The molecular formula is C36H44FNO10. The minimum atomic E-state index is -2.13. The number of ether oxygens (including phenoxy) is 2. The van der Waals surface area contributed by atoms with Gasteiger partial charge in [0.15, 0.2) is 23.7 Å². The Bertz CT molecular complexity index is 1560. The molecule has 260 valence electrons. The van der Waals surface area contributed by atoms with Crippen LogP contribution in [0, 0.1) is 38.7 Å². The highest BCUT2D eigenvalue weighted by Crippen LogP contribution is 2.71. The summed E-state index contributed by atoms with van der Waals surface area (Å²) in [5.41, 5.74) is -4.74. The number of esters is 2. The van der Waals surface area contributed by atoms with Gasteiger partial charge >= 0.3 is 11.9 Å². The molecule has 2 saturated carbocycles. The van der Waals surface area contributed by atoms with Crippen molar-refractivity contribution in [1.29, 1.82) is 0 Å². The summed E-state index contributed by atoms with van der Waals surface area (Å²) in [5.74, 6) is -3.89. The number of carbonyl (C=O) groups excluding carboxylic acids is 4. The number of aliphatic hydroxyl groups excluding tert-OH is 1. The molecule has 0 bridgehead atoms. The Kier molecular flexibility index (Phi) is 9.71. The molecular weight excluding hydrogens is 625 g/mol. The van der Waals surface area contributed by atoms with Crippen LogP contribution in [0.25, 0.3) is 0 Å². The summed E-state index contributed by atoms with van der Waals surface area (Å²) in [6.07, 6.45) is 4.87. The molecule has 0 saturated heterocycles. The van der Waals surface area contributed by atoms with Crippen LogP contribution in [0.15, 0.2) is 48.1 Å². The van der Waals surface area contributed by atoms with Gasteiger partial charge in [-0.05, 0) is 55.7 Å². The number of benzene rings is 1. The van der Waals surface area contributed by atoms with Gasteiger partial charge in [0.05, 0.1) is 12.5 Å². The molecule has 1 N–H and O–H groups in total. The van der Waals surface area contributed by atoms with Gasteiger partial charge in [0.25, 0.3) is 5.09 Å². The first-order valence-electron chi connectivity index (χ1n) is 16.7. The molecule has 0 aromatic heterocycles. The Morgan fingerprint density at radius 3 is 2.58 bits per heavy atom. The number of nitrogens with zero attached hydrogens (tertiary/aromatic N) is 1. The molecule has 4 aliphatic rings. The van der Waals surface area contributed by atoms with Crippen LogP contribution in [0.3, 0.4) is 0 Å². The maximum absolute atomic E-state index is 17.7. The van der Waals surface area contributed by atoms with E-state index in [-0.39, 0.29) is 44.5 Å². The van der Waals surface area contributed by atoms with Gasteiger partial charge in [0.1, 0.15) is 6.61 Å². The normalized spacial score (nSPS) is 35.0. The van der Waals surface area contributed by atoms with Crippen molar-refractivity contribution in [3.63, 3.8) is 0 Å². The molecule has 48 heavy (non-hydrogen) atoms. The first-order chi connectivity index (χ1) is 22.6. The van der Waals surface area contributed by atoms with Crippen molar-refractivity contribution in [3.05, 3.63) is 69.3 Å². The number of allylic oxidation sites excluding steroid dienone is 4. The summed E-state index contributed by atoms with van der Waals surface area (Å²) in [7, 11) is 0. The number of carbonyl (C=O) groups is 4. The molecule has 0 spiro atoms. The number of rotatable bonds is 12. The fraction of sp³-hybridized carbons (Fsp3) is 0.611. The van der Waals surface area contributed by atoms with Gasteiger partial charge in [-0.2, -0.15) is 0 Å². The molecule has 0 radical (unpaired) electrons. The van der Waals surface area contributed by atoms with E-state index in [1.807, 2.05) is 13.0 Å². The zero-order valence-corrected chi connectivity index (χ0v) is 27.9. The molecule has 12 heteroatoms. The second-order valence-corrected chi connectivity index (χ2v) is 14.3. The third kappa shape index (κ3) is 5.75. The molecule has 2 fully saturated rings. The van der Waals surface area contributed by atoms with E-state index >= 15 is 4.39 Å². The quantitative estimate of drug-likeness (QED) is 0.137. The van der Waals surface area contributed by atoms with E-state index in [0.29, 0.717) is 29.5 Å². The second kappa shape index (κ2) is 13.2. The minimum Gasteiger partial charge on any atom is -0.457 e. The molecule has 1 aromatic carbocycles. The highest BCUT2D eigenvalue weighted by Gasteiger charge is 2.77. The van der Waals surface area contributed by atoms with E-state index in [4.69, 9.17) is 9.47 Å². The van der Waals surface area contributed by atoms with Gasteiger partial charge in [0.2, 0.25) is 5.78 Å². The Hall–Kier alpha value is -3.93. The van der Waals surface area contributed by atoms with Crippen molar-refractivity contribution in [3.8, 4) is 0 Å². The Morgan fingerprint density at radius 1 is 1.15 bits per heavy atom. The molecule has 0 heterocycles. The molecule has 8 atom stereocenters. The summed E-state index contributed by atoms with van der Waals surface area (Å²) in [6.45, 7) is 6.20. The summed E-state index contributed by atoms with van der Waals surface area (Å²) >= 11 is 0. The third-order valence-electron chi connectivity index (χ3n) is 11.6. The predicted molar refractivity (Wildman–Crippen MR) is 169 cm³/mol. The largest absolute Gasteiger partial charge is 0.457 e. The lowest BCUT2D eigenvalue weighted by Gasteiger charge is -2.62. The van der Waals surface area contributed by atoms with E-state index in [1.165, 1.54) is 6.08 Å². The second-order valence-electron chi connectivity index (χ2n) is 14.3. The van der Waals surface area contributed by atoms with E-state index in [9.17, 15) is 34.4 Å². The first-order valence-corrected chi connectivity index (χ1v) is 16.7. The number of aliphatic hydroxyl groups is 1. The zero-order valence-electron chi connectivity index (χ0n) is 27.9. The van der Waals surface area contributed by atoms with E-state index in [2.05, 4.69) is 4.84 Å². The highest BCUT2D eigenvalue weighted by atomic mass is 19.1. The molecule has 1 unspecified atom stereocenters. The topological polar surface area (TPSA) is 159 Å². The fourth-order valence-electron chi connectivity index (χ4n) is 9.28. The standard InChI is InChI=1S/C36H44FNO10/c1-5-6-10-31(42)48-36(30(41)21-46-32(43)17-23-8-7-9-24(16-23)20-47-38(44)45)22(2)15-28-27-12-11-25-18-26(39)13-14-33(25,3)35(27,37)29(40)19-34(28,36)4/h7-9,11,13-14,16,22,27-29,40H,5-6,10,12,15,17-21H2,1-4H3/t22-,27?,28-,29-,33-,34-,35-,36-/m0/s1. The number of fused-ring (bicyclic) bond motifs is 5. The summed E-state index contributed by atoms with van der Waals surface area (Å²) in [4.78, 5) is 67.9. The lowest BCUT2D eigenvalue weighted by atomic mass is 9.45. The maximum atomic E-state index is 17.7. The Balaban J connectivity index is 1.43. The Labute approximate surface area is 279 Å². The van der Waals surface area contributed by atoms with Crippen LogP contribution in [-0.4, -0.2) is 57.7 Å². The first kappa shape index (κ1) is 35.4. The number of hydrogen-bond acceptors (Lipinski definition) is 10. The van der Waals surface area contributed by atoms with Gasteiger partial charge in [-0.15, -0.1) is 10.1 Å². The van der Waals surface area contributed by atoms with Crippen molar-refractivity contribution in [2.75, 3.05) is 6.61 Å². The van der Waals surface area contributed by atoms with Gasteiger partial charge in [-0.25, -0.2) is 4.39 Å². The monoisotopic (exact) mass is 669 g/mol. The van der Waals surface area contributed by atoms with Gasteiger partial charge in [0, 0.05) is 35.5 Å². The number of alkyl halides is 1. The molecule has 1 aromatic rings. The number of hydrogen-bond donors (Lipinski definition) is 1. The fourth-order valence-corrected chi connectivity index (χ4v) is 9.28. The van der Waals surface area contributed by atoms with Crippen LogP contribution >= 0.6 is 0 Å². The predicted octanol–water partition coefficient (Wildman–Crippen LogP) is 5.14. The average Bonchev–Trinajstić information content (AvgIpc) is 3.25. The van der Waals surface area contributed by atoms with Crippen LogP contribution in [-0.2, 0) is 46.5 Å². The van der Waals surface area contributed by atoms with Gasteiger partial charge < -0.3 is 19.4 Å². The maximum Gasteiger partial charge on any atom is 0.310 e. The Morgan fingerprint density at radius 2 is 1.88 bits per heavy atom. The summed E-state index contributed by atoms with van der Waals surface area (Å²) < 4.78 is 29.4. The van der Waals surface area contributed by atoms with E-state index in [1.54, 1.807) is 51.1 Å². The number of ketones is 2. The third-order valence-corrected chi connectivity index (χ3v) is 11.6. The number of unbranched alkanes of at least 4 members (excludes halogenated alkanes) is 1. The average molecular weight is 670 g/mol. The van der Waals surface area contributed by atoms with Crippen molar-refractivity contribution in [1.82, 2.24) is 0 Å². The van der Waals surface area contributed by atoms with Gasteiger partial charge in [-0.3, -0.25) is 19.2 Å². The van der Waals surface area contributed by atoms with Crippen LogP contribution in [0.5, 0.6) is 0 Å². The van der Waals surface area contributed by atoms with Crippen molar-refractivity contribution in [2.24, 2.45) is 28.6 Å². The van der Waals surface area contributed by atoms with Crippen molar-refractivity contribution in [2.45, 2.75) is 103 Å². The zero-order chi connectivity index (χ0) is 35.1. The van der Waals surface area contributed by atoms with Crippen molar-refractivity contribution < 1.29 is 48.1 Å². The summed E-state index contributed by atoms with van der Waals surface area (Å²) in [6, 6.07) is 6.41. The van der Waals surface area contributed by atoms with Gasteiger partial charge in [-0.1, -0.05) is 69.2 Å². The molecule has 11 nitrogen and oxygen atoms in total. The van der Waals surface area contributed by atoms with E-state index < -0.39 is 75.4 Å². The van der Waals surface area contributed by atoms with Crippen LogP contribution < -0.4 is 0 Å². The van der Waals surface area contributed by atoms with Crippen LogP contribution in [0.1, 0.15) is 83.8 Å². The molecule has 4 aliphatic carbocycles. The summed E-state index contributed by atoms with van der Waals surface area (Å²) in [5, 5.41) is 21.4. The lowest BCUT2D eigenvalue weighted by Crippen LogP contribution is -2.69. The van der Waals surface area contributed by atoms with Crippen LogP contribution in [0.2, 0.25) is 0 Å². The number of Topliss-reactive ketones (excluding diaryl/α,β-unsaturated/α-hetero) is 1. The molecule has 0 amide bonds. The lowest BCUT2D eigenvalue weighted by molar-refractivity contribution is -0.763. The smallest absolute Gasteiger partial charge is 0.310 e. The number of halogens is 1. The molecule has 5 rings (SSSR count). The highest BCUT2D eigenvalue weighted by molar-refractivity contribution is 5.94. The van der Waals surface area contributed by atoms with Crippen LogP contribution in [0.4, 0.5) is 4.39 Å². The minimum absolute atomic E-state index is 0.0668. The van der Waals surface area contributed by atoms with Crippen molar-refractivity contribution >= 4 is 23.5 Å². The SMILES string of the molecule is CCCCC(=O)O[C@]1(C(=O)COC(=O)Cc2cccc(CO[N+](=O)[O-])c2)[C@@H](C)C[C@H]2C3CC=C4CC(=O)C=C[C@]4(C)[C@@]3(F)[C@@H](O)C[C@@]21C.